The highest BCUT2D eigenvalue weighted by atomic mass is 35.5. The molecular weight excluding hydrogens is 365 g/mol. The number of fused-ring (bicyclic) bond motifs is 1. The van der Waals surface area contributed by atoms with Crippen LogP contribution in [0.2, 0.25) is 5.02 Å². The van der Waals surface area contributed by atoms with Crippen LogP contribution >= 0.6 is 11.6 Å². The van der Waals surface area contributed by atoms with Crippen molar-refractivity contribution in [2.45, 2.75) is 25.1 Å². The summed E-state index contributed by atoms with van der Waals surface area (Å²) in [5.41, 5.74) is 1.58. The van der Waals surface area contributed by atoms with Crippen LogP contribution in [0.5, 0.6) is 0 Å². The molecule has 3 rings (SSSR count). The van der Waals surface area contributed by atoms with E-state index in [1.165, 1.54) is 11.1 Å². The lowest BCUT2D eigenvalue weighted by Crippen LogP contribution is -2.32. The molecule has 2 aromatic carbocycles. The minimum atomic E-state index is -4.49. The Hall–Kier alpha value is -2.05. The Morgan fingerprint density at radius 1 is 1.27 bits per heavy atom. The molecule has 2 aromatic rings. The van der Waals surface area contributed by atoms with Gasteiger partial charge in [0.25, 0.3) is 0 Å². The zero-order valence-corrected chi connectivity index (χ0v) is 14.9. The number of anilines is 1. The van der Waals surface area contributed by atoms with E-state index in [-0.39, 0.29) is 23.3 Å². The number of nitrogens with one attached hydrogen (secondary N) is 1. The van der Waals surface area contributed by atoms with Gasteiger partial charge < -0.3 is 5.32 Å². The molecule has 0 unspecified atom stereocenters. The van der Waals surface area contributed by atoms with E-state index in [4.69, 9.17) is 11.6 Å². The van der Waals surface area contributed by atoms with Crippen LogP contribution in [0.25, 0.3) is 0 Å². The Balaban J connectivity index is 1.68. The summed E-state index contributed by atoms with van der Waals surface area (Å²) in [6.45, 7) is 0.0611. The quantitative estimate of drug-likeness (QED) is 0.814. The Morgan fingerprint density at radius 3 is 2.73 bits per heavy atom. The van der Waals surface area contributed by atoms with Crippen LogP contribution in [0, 0.1) is 0 Å². The zero-order valence-electron chi connectivity index (χ0n) is 14.1. The van der Waals surface area contributed by atoms with Crippen LogP contribution in [0.1, 0.15) is 29.2 Å². The summed E-state index contributed by atoms with van der Waals surface area (Å²) in [4.78, 5) is 14.2. The van der Waals surface area contributed by atoms with Gasteiger partial charge in [0.2, 0.25) is 5.91 Å². The molecule has 138 valence electrons. The second-order valence-corrected chi connectivity index (χ2v) is 6.82. The molecule has 0 heterocycles. The molecule has 0 radical (unpaired) electrons. The maximum atomic E-state index is 12.8. The number of carbonyl (C=O) groups excluding carboxylic acids is 1. The molecule has 1 N–H and O–H groups in total. The number of carbonyl (C=O) groups is 1. The third-order valence-corrected chi connectivity index (χ3v) is 4.92. The largest absolute Gasteiger partial charge is 0.416 e. The van der Waals surface area contributed by atoms with E-state index in [1.54, 1.807) is 0 Å². The molecule has 0 aromatic heterocycles. The van der Waals surface area contributed by atoms with Crippen molar-refractivity contribution in [3.63, 3.8) is 0 Å². The van der Waals surface area contributed by atoms with Gasteiger partial charge in [-0.1, -0.05) is 35.9 Å². The van der Waals surface area contributed by atoms with E-state index in [2.05, 4.69) is 11.4 Å². The second kappa shape index (κ2) is 7.29. The number of amides is 1. The minimum Gasteiger partial charge on any atom is -0.324 e. The summed E-state index contributed by atoms with van der Waals surface area (Å²) in [7, 11) is 1.83. The van der Waals surface area contributed by atoms with E-state index in [9.17, 15) is 18.0 Å². The Labute approximate surface area is 154 Å². The Kier molecular flexibility index (Phi) is 5.25. The molecule has 0 aliphatic heterocycles. The maximum absolute atomic E-state index is 12.8. The summed E-state index contributed by atoms with van der Waals surface area (Å²) >= 11 is 5.93. The molecule has 0 fully saturated rings. The normalized spacial score (nSPS) is 16.6. The summed E-state index contributed by atoms with van der Waals surface area (Å²) in [5.74, 6) is -0.405. The number of hydrogen-bond acceptors (Lipinski definition) is 2. The van der Waals surface area contributed by atoms with Gasteiger partial charge in [0.05, 0.1) is 22.8 Å². The van der Waals surface area contributed by atoms with E-state index < -0.39 is 17.6 Å². The van der Waals surface area contributed by atoms with E-state index in [0.29, 0.717) is 0 Å². The summed E-state index contributed by atoms with van der Waals surface area (Å²) in [6.07, 6.45) is -2.63. The third-order valence-electron chi connectivity index (χ3n) is 4.59. The monoisotopic (exact) mass is 382 g/mol. The lowest BCUT2D eigenvalue weighted by molar-refractivity contribution is -0.137. The van der Waals surface area contributed by atoms with Crippen molar-refractivity contribution >= 4 is 23.2 Å². The fourth-order valence-corrected chi connectivity index (χ4v) is 3.48. The number of halogens is 4. The average molecular weight is 383 g/mol. The molecule has 1 atom stereocenters. The number of rotatable bonds is 4. The van der Waals surface area contributed by atoms with E-state index in [1.807, 2.05) is 30.1 Å². The fourth-order valence-electron chi connectivity index (χ4n) is 3.32. The van der Waals surface area contributed by atoms with Crippen molar-refractivity contribution in [3.05, 3.63) is 64.2 Å². The predicted octanol–water partition coefficient (Wildman–Crippen LogP) is 4.92. The first-order chi connectivity index (χ1) is 12.3. The van der Waals surface area contributed by atoms with Crippen molar-refractivity contribution in [1.29, 1.82) is 0 Å². The van der Waals surface area contributed by atoms with Gasteiger partial charge in [-0.25, -0.2) is 0 Å². The lowest BCUT2D eigenvalue weighted by atomic mass is 10.1. The zero-order chi connectivity index (χ0) is 18.9. The molecular formula is C19H18ClF3N2O. The van der Waals surface area contributed by atoms with Gasteiger partial charge >= 0.3 is 6.18 Å². The van der Waals surface area contributed by atoms with E-state index >= 15 is 0 Å². The highest BCUT2D eigenvalue weighted by Gasteiger charge is 2.31. The molecule has 0 spiro atoms. The Bertz CT molecular complexity index is 823. The lowest BCUT2D eigenvalue weighted by Gasteiger charge is -2.24. The fraction of sp³-hybridized carbons (Fsp3) is 0.316. The maximum Gasteiger partial charge on any atom is 0.416 e. The highest BCUT2D eigenvalue weighted by Crippen LogP contribution is 2.35. The number of nitrogens with zero attached hydrogens (tertiary/aromatic N) is 1. The van der Waals surface area contributed by atoms with Gasteiger partial charge in [-0.15, -0.1) is 0 Å². The molecule has 0 saturated heterocycles. The van der Waals surface area contributed by atoms with Gasteiger partial charge in [0.15, 0.2) is 0 Å². The average Bonchev–Trinajstić information content (AvgIpc) is 3.00. The number of likely N-dealkylation sites (N-methyl/N-ethyl adjacent to an activating group) is 1. The van der Waals surface area contributed by atoms with Crippen LogP contribution in [0.4, 0.5) is 18.9 Å². The molecule has 3 nitrogen and oxygen atoms in total. The van der Waals surface area contributed by atoms with Gasteiger partial charge in [-0.2, -0.15) is 13.2 Å². The van der Waals surface area contributed by atoms with Gasteiger partial charge in [0, 0.05) is 6.04 Å². The van der Waals surface area contributed by atoms with Gasteiger partial charge in [-0.3, -0.25) is 9.69 Å². The van der Waals surface area contributed by atoms with Crippen molar-refractivity contribution in [3.8, 4) is 0 Å². The summed E-state index contributed by atoms with van der Waals surface area (Å²) in [6, 6.07) is 11.1. The van der Waals surface area contributed by atoms with Crippen LogP contribution in [0.15, 0.2) is 42.5 Å². The number of benzene rings is 2. The van der Waals surface area contributed by atoms with E-state index in [0.717, 1.165) is 31.0 Å². The van der Waals surface area contributed by atoms with Crippen molar-refractivity contribution in [2.24, 2.45) is 0 Å². The molecule has 0 saturated carbocycles. The second-order valence-electron chi connectivity index (χ2n) is 6.41. The smallest absolute Gasteiger partial charge is 0.324 e. The van der Waals surface area contributed by atoms with Gasteiger partial charge in [-0.05, 0) is 49.2 Å². The number of hydrogen-bond donors (Lipinski definition) is 1. The molecule has 1 amide bonds. The minimum absolute atomic E-state index is 0.0355. The number of alkyl halides is 3. The summed E-state index contributed by atoms with van der Waals surface area (Å²) < 4.78 is 38.5. The van der Waals surface area contributed by atoms with Crippen molar-refractivity contribution < 1.29 is 18.0 Å². The third kappa shape index (κ3) is 4.02. The van der Waals surface area contributed by atoms with Crippen LogP contribution in [0.3, 0.4) is 0 Å². The first-order valence-electron chi connectivity index (χ1n) is 8.20. The first kappa shape index (κ1) is 18.7. The highest BCUT2D eigenvalue weighted by molar-refractivity contribution is 6.33. The molecule has 0 bridgehead atoms. The van der Waals surface area contributed by atoms with Crippen molar-refractivity contribution in [1.82, 2.24) is 4.90 Å². The van der Waals surface area contributed by atoms with Crippen molar-refractivity contribution in [2.75, 3.05) is 18.9 Å². The standard InChI is InChI=1S/C19H18ClF3N2O/c1-25(17-9-6-12-4-2-3-5-14(12)17)11-18(26)24-16-10-13(19(21,22)23)7-8-15(16)20/h2-5,7-8,10,17H,6,9,11H2,1H3,(H,24,26)/t17-/m0/s1. The van der Waals surface area contributed by atoms with Crippen LogP contribution in [-0.4, -0.2) is 24.4 Å². The predicted molar refractivity (Wildman–Crippen MR) is 95.2 cm³/mol. The molecule has 26 heavy (non-hydrogen) atoms. The molecule has 1 aliphatic carbocycles. The van der Waals surface area contributed by atoms with Crippen LogP contribution in [-0.2, 0) is 17.4 Å². The van der Waals surface area contributed by atoms with Gasteiger partial charge in [0.1, 0.15) is 0 Å². The molecule has 1 aliphatic rings. The Morgan fingerprint density at radius 2 is 2.00 bits per heavy atom. The molecule has 7 heteroatoms. The number of aryl methyl sites for hydroxylation is 1. The topological polar surface area (TPSA) is 32.3 Å². The summed E-state index contributed by atoms with van der Waals surface area (Å²) in [5, 5.41) is 2.56. The van der Waals surface area contributed by atoms with Crippen LogP contribution < -0.4 is 5.32 Å². The first-order valence-corrected chi connectivity index (χ1v) is 8.58. The SMILES string of the molecule is CN(CC(=O)Nc1cc(C(F)(F)F)ccc1Cl)[C@H]1CCc2ccccc21.